The summed E-state index contributed by atoms with van der Waals surface area (Å²) in [4.78, 5) is 0. The Balaban J connectivity index is 2.14. The van der Waals surface area contributed by atoms with Gasteiger partial charge in [-0.05, 0) is 29.6 Å². The number of benzene rings is 1. The lowest BCUT2D eigenvalue weighted by Crippen LogP contribution is -2.32. The molecule has 2 rings (SSSR count). The molecule has 0 spiro atoms. The van der Waals surface area contributed by atoms with Crippen LogP contribution in [0.1, 0.15) is 18.9 Å². The average molecular weight is 210 g/mol. The molecule has 0 saturated heterocycles. The van der Waals surface area contributed by atoms with Crippen LogP contribution in [-0.4, -0.2) is 13.7 Å². The molecule has 0 fully saturated rings. The quantitative estimate of drug-likeness (QED) is 0.711. The summed E-state index contributed by atoms with van der Waals surface area (Å²) in [5, 5.41) is 0.753. The van der Waals surface area contributed by atoms with E-state index < -0.39 is 0 Å². The van der Waals surface area contributed by atoms with Crippen molar-refractivity contribution in [3.05, 3.63) is 28.8 Å². The number of hydrogen-bond donors (Lipinski definition) is 0. The molecule has 1 aliphatic rings. The first-order valence-corrected chi connectivity index (χ1v) is 5.20. The Labute approximate surface area is 89.3 Å². The molecule has 0 aromatic heterocycles. The molecule has 0 N–H and O–H groups in total. The van der Waals surface area contributed by atoms with E-state index in [0.29, 0.717) is 6.61 Å². The SMILES string of the molecule is CCCOB1OCc2cc(Cl)ccc21. The minimum Gasteiger partial charge on any atom is -0.407 e. The van der Waals surface area contributed by atoms with Crippen molar-refractivity contribution in [3.63, 3.8) is 0 Å². The lowest BCUT2D eigenvalue weighted by molar-refractivity contribution is 0.211. The Bertz CT molecular complexity index is 330. The van der Waals surface area contributed by atoms with Crippen LogP contribution in [0.3, 0.4) is 0 Å². The monoisotopic (exact) mass is 210 g/mol. The Kier molecular flexibility index (Phi) is 3.11. The molecule has 4 heteroatoms. The van der Waals surface area contributed by atoms with Crippen LogP contribution in [0.5, 0.6) is 0 Å². The standard InChI is InChI=1S/C10H12BClO2/c1-2-5-13-11-10-4-3-9(12)6-8(10)7-14-11/h3-4,6H,2,5,7H2,1H3. The van der Waals surface area contributed by atoms with Gasteiger partial charge >= 0.3 is 7.12 Å². The average Bonchev–Trinajstić information content (AvgIpc) is 2.57. The van der Waals surface area contributed by atoms with E-state index in [1.165, 1.54) is 0 Å². The highest BCUT2D eigenvalue weighted by molar-refractivity contribution is 6.62. The zero-order valence-electron chi connectivity index (χ0n) is 8.13. The van der Waals surface area contributed by atoms with Gasteiger partial charge in [-0.1, -0.05) is 24.6 Å². The fraction of sp³-hybridized carbons (Fsp3) is 0.400. The Morgan fingerprint density at radius 3 is 3.21 bits per heavy atom. The van der Waals surface area contributed by atoms with Crippen LogP contribution in [0, 0.1) is 0 Å². The van der Waals surface area contributed by atoms with Gasteiger partial charge in [-0.2, -0.15) is 0 Å². The van der Waals surface area contributed by atoms with Gasteiger partial charge in [0.2, 0.25) is 0 Å². The maximum Gasteiger partial charge on any atom is 0.494 e. The molecular formula is C10H12BClO2. The first-order valence-electron chi connectivity index (χ1n) is 4.83. The molecule has 0 bridgehead atoms. The highest BCUT2D eigenvalue weighted by Gasteiger charge is 2.30. The van der Waals surface area contributed by atoms with Crippen molar-refractivity contribution in [3.8, 4) is 0 Å². The highest BCUT2D eigenvalue weighted by Crippen LogP contribution is 2.16. The van der Waals surface area contributed by atoms with E-state index in [0.717, 1.165) is 29.1 Å². The molecule has 0 saturated carbocycles. The van der Waals surface area contributed by atoms with Gasteiger partial charge in [-0.3, -0.25) is 0 Å². The molecule has 2 nitrogen and oxygen atoms in total. The number of fused-ring (bicyclic) bond motifs is 1. The maximum atomic E-state index is 5.88. The molecule has 14 heavy (non-hydrogen) atoms. The number of rotatable bonds is 3. The van der Waals surface area contributed by atoms with Crippen LogP contribution in [0.25, 0.3) is 0 Å². The summed E-state index contributed by atoms with van der Waals surface area (Å²) in [7, 11) is -0.192. The van der Waals surface area contributed by atoms with Crippen LogP contribution in [0.4, 0.5) is 0 Å². The summed E-state index contributed by atoms with van der Waals surface area (Å²) in [5.74, 6) is 0. The van der Waals surface area contributed by atoms with Gasteiger partial charge in [-0.25, -0.2) is 0 Å². The molecule has 74 valence electrons. The second kappa shape index (κ2) is 4.34. The molecule has 0 unspecified atom stereocenters. The van der Waals surface area contributed by atoms with E-state index in [9.17, 15) is 0 Å². The molecule has 1 heterocycles. The lowest BCUT2D eigenvalue weighted by atomic mass is 9.79. The van der Waals surface area contributed by atoms with Crippen molar-refractivity contribution in [2.24, 2.45) is 0 Å². The first kappa shape index (κ1) is 10.0. The maximum absolute atomic E-state index is 5.88. The molecule has 1 aliphatic heterocycles. The molecule has 1 aromatic carbocycles. The van der Waals surface area contributed by atoms with Crippen LogP contribution >= 0.6 is 11.6 Å². The minimum absolute atomic E-state index is 0.192. The molecule has 0 radical (unpaired) electrons. The van der Waals surface area contributed by atoms with Crippen LogP contribution in [0.15, 0.2) is 18.2 Å². The van der Waals surface area contributed by atoms with E-state index in [4.69, 9.17) is 20.9 Å². The lowest BCUT2D eigenvalue weighted by Gasteiger charge is -2.06. The molecule has 0 amide bonds. The van der Waals surface area contributed by atoms with Crippen LogP contribution in [0.2, 0.25) is 5.02 Å². The molecule has 0 aliphatic carbocycles. The minimum atomic E-state index is -0.192. The van der Waals surface area contributed by atoms with Gasteiger partial charge in [0, 0.05) is 11.6 Å². The number of hydrogen-bond acceptors (Lipinski definition) is 2. The summed E-state index contributed by atoms with van der Waals surface area (Å²) in [6.45, 7) is 3.41. The van der Waals surface area contributed by atoms with Crippen molar-refractivity contribution in [2.75, 3.05) is 6.61 Å². The Hall–Kier alpha value is -0.505. The van der Waals surface area contributed by atoms with Crippen molar-refractivity contribution in [1.29, 1.82) is 0 Å². The van der Waals surface area contributed by atoms with Crippen LogP contribution in [-0.2, 0) is 15.9 Å². The van der Waals surface area contributed by atoms with Crippen molar-refractivity contribution in [2.45, 2.75) is 20.0 Å². The largest absolute Gasteiger partial charge is 0.494 e. The topological polar surface area (TPSA) is 18.5 Å². The second-order valence-electron chi connectivity index (χ2n) is 3.36. The van der Waals surface area contributed by atoms with E-state index >= 15 is 0 Å². The van der Waals surface area contributed by atoms with Crippen molar-refractivity contribution >= 4 is 24.2 Å². The van der Waals surface area contributed by atoms with Crippen molar-refractivity contribution < 1.29 is 9.31 Å². The third kappa shape index (κ3) is 1.95. The van der Waals surface area contributed by atoms with Gasteiger partial charge in [-0.15, -0.1) is 0 Å². The highest BCUT2D eigenvalue weighted by atomic mass is 35.5. The fourth-order valence-electron chi connectivity index (χ4n) is 1.55. The summed E-state index contributed by atoms with van der Waals surface area (Å²) in [5.41, 5.74) is 2.25. The van der Waals surface area contributed by atoms with E-state index in [2.05, 4.69) is 6.92 Å². The summed E-state index contributed by atoms with van der Waals surface area (Å²) in [6, 6.07) is 5.79. The predicted molar refractivity (Wildman–Crippen MR) is 57.9 cm³/mol. The van der Waals surface area contributed by atoms with E-state index in [-0.39, 0.29) is 7.12 Å². The molecular weight excluding hydrogens is 198 g/mol. The summed E-state index contributed by atoms with van der Waals surface area (Å²) < 4.78 is 11.1. The smallest absolute Gasteiger partial charge is 0.407 e. The normalized spacial score (nSPS) is 14.6. The zero-order valence-corrected chi connectivity index (χ0v) is 8.88. The fourth-order valence-corrected chi connectivity index (χ4v) is 1.74. The summed E-state index contributed by atoms with van der Waals surface area (Å²) in [6.07, 6.45) is 1.00. The van der Waals surface area contributed by atoms with Gasteiger partial charge in [0.05, 0.1) is 6.61 Å². The second-order valence-corrected chi connectivity index (χ2v) is 3.79. The van der Waals surface area contributed by atoms with E-state index in [1.807, 2.05) is 18.2 Å². The molecule has 0 atom stereocenters. The van der Waals surface area contributed by atoms with Crippen molar-refractivity contribution in [1.82, 2.24) is 0 Å². The van der Waals surface area contributed by atoms with E-state index in [1.54, 1.807) is 0 Å². The van der Waals surface area contributed by atoms with Gasteiger partial charge < -0.3 is 9.31 Å². The third-order valence-corrected chi connectivity index (χ3v) is 2.46. The summed E-state index contributed by atoms with van der Waals surface area (Å²) >= 11 is 5.88. The van der Waals surface area contributed by atoms with Crippen LogP contribution < -0.4 is 5.46 Å². The number of halogens is 1. The Morgan fingerprint density at radius 2 is 2.43 bits per heavy atom. The third-order valence-electron chi connectivity index (χ3n) is 2.22. The Morgan fingerprint density at radius 1 is 1.57 bits per heavy atom. The predicted octanol–water partition coefficient (Wildman–Crippen LogP) is 1.99. The van der Waals surface area contributed by atoms with Gasteiger partial charge in [0.15, 0.2) is 0 Å². The first-order chi connectivity index (χ1) is 6.81. The zero-order chi connectivity index (χ0) is 9.97. The molecule has 1 aromatic rings. The van der Waals surface area contributed by atoms with Gasteiger partial charge in [0.1, 0.15) is 0 Å². The van der Waals surface area contributed by atoms with Gasteiger partial charge in [0.25, 0.3) is 0 Å².